The fourth-order valence-electron chi connectivity index (χ4n) is 2.20. The number of benzene rings is 1. The quantitative estimate of drug-likeness (QED) is 0.889. The van der Waals surface area contributed by atoms with Gasteiger partial charge in [0.2, 0.25) is 0 Å². The lowest BCUT2D eigenvalue weighted by Gasteiger charge is -2.18. The van der Waals surface area contributed by atoms with Crippen LogP contribution in [0.5, 0.6) is 0 Å². The first kappa shape index (κ1) is 15.5. The van der Waals surface area contributed by atoms with Crippen LogP contribution in [0.25, 0.3) is 10.1 Å². The van der Waals surface area contributed by atoms with E-state index < -0.39 is 9.84 Å². The Kier molecular flexibility index (Phi) is 4.83. The molecule has 0 fully saturated rings. The minimum absolute atomic E-state index is 0.185. The second-order valence-electron chi connectivity index (χ2n) is 5.39. The van der Waals surface area contributed by atoms with Crippen LogP contribution in [0, 0.1) is 0 Å². The molecule has 0 radical (unpaired) electrons. The number of hydrogen-bond acceptors (Lipinski definition) is 4. The van der Waals surface area contributed by atoms with Crippen molar-refractivity contribution in [3.8, 4) is 0 Å². The monoisotopic (exact) mass is 311 g/mol. The van der Waals surface area contributed by atoms with Gasteiger partial charge in [-0.15, -0.1) is 11.3 Å². The number of thiophene rings is 1. The minimum Gasteiger partial charge on any atom is -0.307 e. The standard InChI is InChI=1S/C15H21NO2S2/c1-11(8-9-20(3,17)18)16-12(2)15-10-13-6-4-5-7-14(13)19-15/h4-7,10-12,16H,8-9H2,1-3H3/t11-,12+/m1/s1. The molecule has 1 heterocycles. The zero-order valence-electron chi connectivity index (χ0n) is 12.1. The highest BCUT2D eigenvalue weighted by molar-refractivity contribution is 7.90. The first-order valence-corrected chi connectivity index (χ1v) is 9.65. The molecule has 0 unspecified atom stereocenters. The molecule has 1 N–H and O–H groups in total. The fraction of sp³-hybridized carbons (Fsp3) is 0.467. The summed E-state index contributed by atoms with van der Waals surface area (Å²) in [6, 6.07) is 11.0. The van der Waals surface area contributed by atoms with E-state index in [0.29, 0.717) is 6.42 Å². The molecule has 110 valence electrons. The SMILES string of the molecule is C[C@H](CCS(C)(=O)=O)N[C@@H](C)c1cc2ccccc2s1. The molecule has 5 heteroatoms. The van der Waals surface area contributed by atoms with Crippen LogP contribution in [-0.2, 0) is 9.84 Å². The Bertz CT molecular complexity index is 643. The Morgan fingerprint density at radius 3 is 2.60 bits per heavy atom. The Morgan fingerprint density at radius 1 is 1.25 bits per heavy atom. The van der Waals surface area contributed by atoms with E-state index in [4.69, 9.17) is 0 Å². The molecule has 0 aliphatic rings. The number of sulfone groups is 1. The van der Waals surface area contributed by atoms with Crippen LogP contribution in [0.3, 0.4) is 0 Å². The highest BCUT2D eigenvalue weighted by Gasteiger charge is 2.13. The molecule has 0 saturated heterocycles. The van der Waals surface area contributed by atoms with Crippen molar-refractivity contribution in [3.05, 3.63) is 35.2 Å². The lowest BCUT2D eigenvalue weighted by Crippen LogP contribution is -2.30. The molecule has 1 aromatic carbocycles. The molecular formula is C15H21NO2S2. The van der Waals surface area contributed by atoms with Gasteiger partial charge in [0.1, 0.15) is 9.84 Å². The van der Waals surface area contributed by atoms with Gasteiger partial charge in [0.15, 0.2) is 0 Å². The maximum absolute atomic E-state index is 11.2. The highest BCUT2D eigenvalue weighted by atomic mass is 32.2. The molecule has 1 aromatic heterocycles. The van der Waals surface area contributed by atoms with Crippen LogP contribution >= 0.6 is 11.3 Å². The number of rotatable bonds is 6. The molecule has 0 aliphatic carbocycles. The molecule has 2 atom stereocenters. The van der Waals surface area contributed by atoms with Crippen molar-refractivity contribution in [1.29, 1.82) is 0 Å². The zero-order chi connectivity index (χ0) is 14.8. The third kappa shape index (κ3) is 4.30. The van der Waals surface area contributed by atoms with Gasteiger partial charge in [-0.2, -0.15) is 0 Å². The third-order valence-corrected chi connectivity index (χ3v) is 5.60. The van der Waals surface area contributed by atoms with E-state index in [1.807, 2.05) is 13.0 Å². The molecule has 0 aliphatic heterocycles. The average molecular weight is 311 g/mol. The smallest absolute Gasteiger partial charge is 0.147 e. The maximum atomic E-state index is 11.2. The van der Waals surface area contributed by atoms with Crippen LogP contribution in [0.4, 0.5) is 0 Å². The van der Waals surface area contributed by atoms with E-state index in [-0.39, 0.29) is 17.8 Å². The predicted octanol–water partition coefficient (Wildman–Crippen LogP) is 3.38. The Morgan fingerprint density at radius 2 is 1.95 bits per heavy atom. The van der Waals surface area contributed by atoms with E-state index in [0.717, 1.165) is 0 Å². The van der Waals surface area contributed by atoms with Crippen molar-refractivity contribution in [2.24, 2.45) is 0 Å². The van der Waals surface area contributed by atoms with Crippen LogP contribution in [0.2, 0.25) is 0 Å². The summed E-state index contributed by atoms with van der Waals surface area (Å²) in [6.07, 6.45) is 1.93. The van der Waals surface area contributed by atoms with Crippen molar-refractivity contribution in [3.63, 3.8) is 0 Å². The van der Waals surface area contributed by atoms with E-state index in [9.17, 15) is 8.42 Å². The summed E-state index contributed by atoms with van der Waals surface area (Å²) in [5.74, 6) is 0.236. The van der Waals surface area contributed by atoms with Crippen LogP contribution in [0.1, 0.15) is 31.2 Å². The fourth-order valence-corrected chi connectivity index (χ4v) is 4.06. The first-order valence-electron chi connectivity index (χ1n) is 6.77. The van der Waals surface area contributed by atoms with E-state index in [2.05, 4.69) is 36.5 Å². The molecule has 0 amide bonds. The Hall–Kier alpha value is -0.910. The van der Waals surface area contributed by atoms with Crippen molar-refractivity contribution in [1.82, 2.24) is 5.32 Å². The zero-order valence-corrected chi connectivity index (χ0v) is 13.7. The number of fused-ring (bicyclic) bond motifs is 1. The number of nitrogens with one attached hydrogen (secondary N) is 1. The second-order valence-corrected chi connectivity index (χ2v) is 8.77. The topological polar surface area (TPSA) is 46.2 Å². The molecule has 2 aromatic rings. The van der Waals surface area contributed by atoms with Crippen LogP contribution < -0.4 is 5.32 Å². The van der Waals surface area contributed by atoms with Crippen molar-refractivity contribution < 1.29 is 8.42 Å². The summed E-state index contributed by atoms with van der Waals surface area (Å²) in [5, 5.41) is 4.74. The molecule has 3 nitrogen and oxygen atoms in total. The lowest BCUT2D eigenvalue weighted by atomic mass is 10.2. The van der Waals surface area contributed by atoms with Gasteiger partial charge in [-0.3, -0.25) is 0 Å². The summed E-state index contributed by atoms with van der Waals surface area (Å²) in [6.45, 7) is 4.16. The second kappa shape index (κ2) is 6.24. The first-order chi connectivity index (χ1) is 9.35. The molecular weight excluding hydrogens is 290 g/mol. The molecule has 0 saturated carbocycles. The van der Waals surface area contributed by atoms with Gasteiger partial charge in [-0.05, 0) is 37.8 Å². The number of hydrogen-bond donors (Lipinski definition) is 1. The van der Waals surface area contributed by atoms with Gasteiger partial charge < -0.3 is 5.32 Å². The van der Waals surface area contributed by atoms with E-state index >= 15 is 0 Å². The van der Waals surface area contributed by atoms with Crippen molar-refractivity contribution >= 4 is 31.3 Å². The summed E-state index contributed by atoms with van der Waals surface area (Å²) >= 11 is 1.79. The third-order valence-electron chi connectivity index (χ3n) is 3.33. The van der Waals surface area contributed by atoms with Gasteiger partial charge in [-0.25, -0.2) is 8.42 Å². The molecule has 2 rings (SSSR count). The lowest BCUT2D eigenvalue weighted by molar-refractivity contribution is 0.472. The average Bonchev–Trinajstić information content (AvgIpc) is 2.79. The maximum Gasteiger partial charge on any atom is 0.147 e. The normalized spacial score (nSPS) is 15.3. The van der Waals surface area contributed by atoms with Gasteiger partial charge in [0.05, 0.1) is 5.75 Å². The van der Waals surface area contributed by atoms with Gasteiger partial charge in [0, 0.05) is 27.9 Å². The van der Waals surface area contributed by atoms with E-state index in [1.54, 1.807) is 11.3 Å². The van der Waals surface area contributed by atoms with Crippen LogP contribution in [0.15, 0.2) is 30.3 Å². The Labute approximate surface area is 124 Å². The van der Waals surface area contributed by atoms with Gasteiger partial charge in [-0.1, -0.05) is 18.2 Å². The van der Waals surface area contributed by atoms with Crippen molar-refractivity contribution in [2.45, 2.75) is 32.4 Å². The van der Waals surface area contributed by atoms with Crippen LogP contribution in [-0.4, -0.2) is 26.5 Å². The predicted molar refractivity (Wildman–Crippen MR) is 87.2 cm³/mol. The summed E-state index contributed by atoms with van der Waals surface area (Å²) in [4.78, 5) is 1.29. The molecule has 0 bridgehead atoms. The highest BCUT2D eigenvalue weighted by Crippen LogP contribution is 2.29. The van der Waals surface area contributed by atoms with Gasteiger partial charge >= 0.3 is 0 Å². The van der Waals surface area contributed by atoms with Gasteiger partial charge in [0.25, 0.3) is 0 Å². The largest absolute Gasteiger partial charge is 0.307 e. The summed E-state index contributed by atoms with van der Waals surface area (Å²) < 4.78 is 23.7. The van der Waals surface area contributed by atoms with E-state index in [1.165, 1.54) is 21.2 Å². The minimum atomic E-state index is -2.88. The summed E-state index contributed by atoms with van der Waals surface area (Å²) in [7, 11) is -2.88. The Balaban J connectivity index is 1.98. The summed E-state index contributed by atoms with van der Waals surface area (Å²) in [5.41, 5.74) is 0. The molecule has 20 heavy (non-hydrogen) atoms. The molecule has 0 spiro atoms. The van der Waals surface area contributed by atoms with Crippen molar-refractivity contribution in [2.75, 3.05) is 12.0 Å².